The molecule has 1 amide bonds. The summed E-state index contributed by atoms with van der Waals surface area (Å²) in [6.07, 6.45) is -2.26. The van der Waals surface area contributed by atoms with Crippen LogP contribution in [0.25, 0.3) is 0 Å². The van der Waals surface area contributed by atoms with E-state index in [1.807, 2.05) is 48.5 Å². The van der Waals surface area contributed by atoms with Crippen LogP contribution in [0.1, 0.15) is 53.7 Å². The molecule has 0 spiro atoms. The molecule has 0 aromatic heterocycles. The van der Waals surface area contributed by atoms with Gasteiger partial charge >= 0.3 is 6.29 Å². The summed E-state index contributed by atoms with van der Waals surface area (Å²) in [6, 6.07) is 19.4. The average molecular weight is 479 g/mol. The Bertz CT molecular complexity index is 1310. The molecule has 2 N–H and O–H groups in total. The van der Waals surface area contributed by atoms with E-state index in [2.05, 4.69) is 14.8 Å². The van der Waals surface area contributed by atoms with Gasteiger partial charge in [-0.2, -0.15) is 0 Å². The summed E-state index contributed by atoms with van der Waals surface area (Å²) >= 11 is 0. The summed E-state index contributed by atoms with van der Waals surface area (Å²) < 4.78 is 42.3. The van der Waals surface area contributed by atoms with Crippen molar-refractivity contribution in [3.05, 3.63) is 89.0 Å². The molecular formula is C27H23F2NO5. The maximum atomic E-state index is 13.6. The Hall–Kier alpha value is -3.65. The van der Waals surface area contributed by atoms with Crippen LogP contribution in [0.3, 0.4) is 0 Å². The first-order valence-electron chi connectivity index (χ1n) is 11.5. The van der Waals surface area contributed by atoms with Crippen molar-refractivity contribution >= 4 is 5.91 Å². The van der Waals surface area contributed by atoms with Crippen LogP contribution in [0.5, 0.6) is 17.2 Å². The zero-order valence-corrected chi connectivity index (χ0v) is 18.7. The third kappa shape index (κ3) is 3.87. The Morgan fingerprint density at radius 3 is 2.57 bits per heavy atom. The highest BCUT2D eigenvalue weighted by Crippen LogP contribution is 2.52. The zero-order chi connectivity index (χ0) is 24.2. The molecule has 6 rings (SSSR count). The quantitative estimate of drug-likeness (QED) is 0.544. The summed E-state index contributed by atoms with van der Waals surface area (Å²) in [5.74, 6) is 0.430. The van der Waals surface area contributed by atoms with Crippen molar-refractivity contribution in [3.63, 3.8) is 0 Å². The van der Waals surface area contributed by atoms with Crippen molar-refractivity contribution in [1.82, 2.24) is 5.32 Å². The highest BCUT2D eigenvalue weighted by Gasteiger charge is 2.53. The second-order valence-corrected chi connectivity index (χ2v) is 9.22. The number of aliphatic hydroxyl groups excluding tert-OH is 1. The number of benzene rings is 3. The number of amides is 1. The minimum absolute atomic E-state index is 0.0405. The van der Waals surface area contributed by atoms with Crippen LogP contribution in [-0.4, -0.2) is 17.3 Å². The normalized spacial score (nSPS) is 22.6. The Morgan fingerprint density at radius 1 is 0.971 bits per heavy atom. The summed E-state index contributed by atoms with van der Waals surface area (Å²) in [6.45, 7) is -0.0682. The molecular weight excluding hydrogens is 456 g/mol. The third-order valence-electron chi connectivity index (χ3n) is 6.96. The van der Waals surface area contributed by atoms with Gasteiger partial charge in [0.05, 0.1) is 18.1 Å². The molecule has 3 aromatic carbocycles. The molecule has 3 aromatic rings. The van der Waals surface area contributed by atoms with Gasteiger partial charge in [-0.05, 0) is 53.8 Å². The van der Waals surface area contributed by atoms with Gasteiger partial charge in [0.2, 0.25) is 5.91 Å². The highest BCUT2D eigenvalue weighted by atomic mass is 19.3. The lowest BCUT2D eigenvalue weighted by atomic mass is 9.90. The van der Waals surface area contributed by atoms with Gasteiger partial charge in [0.15, 0.2) is 11.5 Å². The van der Waals surface area contributed by atoms with E-state index in [0.717, 1.165) is 16.7 Å². The lowest BCUT2D eigenvalue weighted by Gasteiger charge is -2.34. The van der Waals surface area contributed by atoms with Crippen molar-refractivity contribution in [2.24, 2.45) is 0 Å². The van der Waals surface area contributed by atoms with Crippen LogP contribution in [0.2, 0.25) is 0 Å². The number of nitrogens with one attached hydrogen (secondary N) is 1. The van der Waals surface area contributed by atoms with Gasteiger partial charge < -0.3 is 24.6 Å². The minimum Gasteiger partial charge on any atom is -0.485 e. The van der Waals surface area contributed by atoms with Gasteiger partial charge in [0, 0.05) is 12.0 Å². The SMILES string of the molecule is O=C(NC1C[C@H](c2cccc(CO)c2)Oc2ccccc21)C1(c2ccc3c(c2)OC(F)(F)O3)CC1. The summed E-state index contributed by atoms with van der Waals surface area (Å²) in [5, 5.41) is 12.7. The maximum Gasteiger partial charge on any atom is 0.586 e. The van der Waals surface area contributed by atoms with Crippen molar-refractivity contribution in [1.29, 1.82) is 0 Å². The molecule has 1 fully saturated rings. The van der Waals surface area contributed by atoms with Crippen LogP contribution in [0.4, 0.5) is 8.78 Å². The molecule has 8 heteroatoms. The Balaban J connectivity index is 1.27. The van der Waals surface area contributed by atoms with Gasteiger partial charge in [-0.3, -0.25) is 4.79 Å². The van der Waals surface area contributed by atoms with E-state index >= 15 is 0 Å². The first-order chi connectivity index (χ1) is 16.9. The van der Waals surface area contributed by atoms with Crippen LogP contribution >= 0.6 is 0 Å². The van der Waals surface area contributed by atoms with Crippen LogP contribution in [0.15, 0.2) is 66.7 Å². The first kappa shape index (κ1) is 21.9. The molecule has 1 unspecified atom stereocenters. The molecule has 2 aliphatic heterocycles. The second kappa shape index (κ2) is 7.95. The number of fused-ring (bicyclic) bond motifs is 2. The molecule has 3 aliphatic rings. The van der Waals surface area contributed by atoms with E-state index < -0.39 is 11.7 Å². The van der Waals surface area contributed by atoms with Gasteiger partial charge in [-0.1, -0.05) is 42.5 Å². The number of ether oxygens (including phenoxy) is 3. The van der Waals surface area contributed by atoms with Crippen LogP contribution in [-0.2, 0) is 16.8 Å². The van der Waals surface area contributed by atoms with Crippen molar-refractivity contribution in [3.8, 4) is 17.2 Å². The molecule has 2 heterocycles. The summed E-state index contributed by atoms with van der Waals surface area (Å²) in [7, 11) is 0. The third-order valence-corrected chi connectivity index (χ3v) is 6.96. The van der Waals surface area contributed by atoms with Crippen molar-refractivity contribution in [2.45, 2.75) is 49.7 Å². The lowest BCUT2D eigenvalue weighted by Crippen LogP contribution is -2.39. The molecule has 6 nitrogen and oxygen atoms in total. The van der Waals surface area contributed by atoms with E-state index in [1.54, 1.807) is 6.07 Å². The largest absolute Gasteiger partial charge is 0.586 e. The number of alkyl halides is 2. The molecule has 0 radical (unpaired) electrons. The Labute approximate surface area is 200 Å². The van der Waals surface area contributed by atoms with Crippen LogP contribution < -0.4 is 19.5 Å². The van der Waals surface area contributed by atoms with Gasteiger partial charge in [0.1, 0.15) is 11.9 Å². The van der Waals surface area contributed by atoms with Crippen molar-refractivity contribution < 1.29 is 32.9 Å². The molecule has 1 aliphatic carbocycles. The standard InChI is InChI=1S/C27H23F2NO5/c28-27(29)34-22-9-8-18(13-24(22)35-27)26(10-11-26)25(32)30-20-14-23(17-5-3-4-16(12-17)15-31)33-21-7-2-1-6-19(20)21/h1-9,12-13,20,23,31H,10-11,14-15H2,(H,30,32)/t20?,23-/m1/s1. The number of para-hydroxylation sites is 1. The van der Waals surface area contributed by atoms with Gasteiger partial charge in [-0.25, -0.2) is 0 Å². The van der Waals surface area contributed by atoms with Crippen molar-refractivity contribution in [2.75, 3.05) is 0 Å². The number of aliphatic hydroxyl groups is 1. The number of hydrogen-bond acceptors (Lipinski definition) is 5. The van der Waals surface area contributed by atoms with E-state index in [-0.39, 0.29) is 36.2 Å². The molecule has 0 bridgehead atoms. The zero-order valence-electron chi connectivity index (χ0n) is 18.7. The summed E-state index contributed by atoms with van der Waals surface area (Å²) in [5.41, 5.74) is 2.42. The molecule has 2 atom stereocenters. The monoisotopic (exact) mass is 479 g/mol. The fourth-order valence-electron chi connectivity index (χ4n) is 4.97. The fourth-order valence-corrected chi connectivity index (χ4v) is 4.97. The number of rotatable bonds is 5. The van der Waals surface area contributed by atoms with E-state index in [1.165, 1.54) is 12.1 Å². The maximum absolute atomic E-state index is 13.6. The number of carbonyl (C=O) groups excluding carboxylic acids is 1. The minimum atomic E-state index is -3.70. The molecule has 35 heavy (non-hydrogen) atoms. The number of hydrogen-bond donors (Lipinski definition) is 2. The topological polar surface area (TPSA) is 77.0 Å². The van der Waals surface area contributed by atoms with Gasteiger partial charge in [-0.15, -0.1) is 8.78 Å². The predicted octanol–water partition coefficient (Wildman–Crippen LogP) is 4.91. The smallest absolute Gasteiger partial charge is 0.485 e. The second-order valence-electron chi connectivity index (χ2n) is 9.22. The van der Waals surface area contributed by atoms with E-state index in [4.69, 9.17) is 4.74 Å². The number of carbonyl (C=O) groups is 1. The lowest BCUT2D eigenvalue weighted by molar-refractivity contribution is -0.286. The number of halogens is 2. The van der Waals surface area contributed by atoms with Crippen LogP contribution in [0, 0.1) is 0 Å². The molecule has 0 saturated heterocycles. The van der Waals surface area contributed by atoms with E-state index in [0.29, 0.717) is 30.6 Å². The van der Waals surface area contributed by atoms with E-state index in [9.17, 15) is 18.7 Å². The van der Waals surface area contributed by atoms with Gasteiger partial charge in [0.25, 0.3) is 0 Å². The molecule has 180 valence electrons. The highest BCUT2D eigenvalue weighted by molar-refractivity contribution is 5.92. The first-order valence-corrected chi connectivity index (χ1v) is 11.5. The predicted molar refractivity (Wildman–Crippen MR) is 121 cm³/mol. The Morgan fingerprint density at radius 2 is 1.77 bits per heavy atom. The molecule has 1 saturated carbocycles. The summed E-state index contributed by atoms with van der Waals surface area (Å²) in [4.78, 5) is 13.6. The average Bonchev–Trinajstić information content (AvgIpc) is 3.61. The fraction of sp³-hybridized carbons (Fsp3) is 0.296. The Kier molecular flexibility index (Phi) is 4.96.